The van der Waals surface area contributed by atoms with E-state index in [9.17, 15) is 14.4 Å². The van der Waals surface area contributed by atoms with Crippen LogP contribution in [-0.4, -0.2) is 40.2 Å². The highest BCUT2D eigenvalue weighted by Gasteiger charge is 2.46. The van der Waals surface area contributed by atoms with Crippen LogP contribution >= 0.6 is 0 Å². The van der Waals surface area contributed by atoms with Crippen LogP contribution < -0.4 is 10.6 Å². The van der Waals surface area contributed by atoms with E-state index in [1.165, 1.54) is 18.3 Å². The Bertz CT molecular complexity index is 1220. The largest absolute Gasteiger partial charge is 0.477 e. The predicted octanol–water partition coefficient (Wildman–Crippen LogP) is 4.18. The van der Waals surface area contributed by atoms with Crippen LogP contribution in [0, 0.1) is 0 Å². The third-order valence-corrected chi connectivity index (χ3v) is 6.57. The molecule has 3 aromatic rings. The lowest BCUT2D eigenvalue weighted by Gasteiger charge is -2.40. The Morgan fingerprint density at radius 1 is 0.971 bits per heavy atom. The molecule has 172 valence electrons. The number of carbonyl (C=O) groups excluding carboxylic acids is 2. The molecule has 2 aliphatic carbocycles. The van der Waals surface area contributed by atoms with Crippen LogP contribution in [0.1, 0.15) is 46.8 Å². The lowest BCUT2D eigenvalue weighted by molar-refractivity contribution is -0.125. The molecule has 8 heteroatoms. The number of alkyl carbamates (subject to hydrolysis) is 1. The van der Waals surface area contributed by atoms with Gasteiger partial charge in [0, 0.05) is 5.92 Å². The van der Waals surface area contributed by atoms with Crippen molar-refractivity contribution in [2.75, 3.05) is 11.9 Å². The van der Waals surface area contributed by atoms with E-state index < -0.39 is 17.6 Å². The predicted molar refractivity (Wildman–Crippen MR) is 125 cm³/mol. The summed E-state index contributed by atoms with van der Waals surface area (Å²) < 4.78 is 5.61. The van der Waals surface area contributed by atoms with Gasteiger partial charge in [0.2, 0.25) is 5.91 Å². The van der Waals surface area contributed by atoms with Gasteiger partial charge in [-0.1, -0.05) is 48.5 Å². The van der Waals surface area contributed by atoms with Gasteiger partial charge in [0.1, 0.15) is 17.8 Å². The van der Waals surface area contributed by atoms with E-state index >= 15 is 0 Å². The van der Waals surface area contributed by atoms with Gasteiger partial charge in [-0.2, -0.15) is 0 Å². The zero-order valence-electron chi connectivity index (χ0n) is 18.3. The normalized spacial score (nSPS) is 15.4. The molecule has 2 aliphatic rings. The SMILES string of the molecule is O=C(NC1(C(=O)Nc2ccc(C(=O)O)nc2)CCC1)OCC1c2ccccc2-c2ccccc21. The number of pyridine rings is 1. The molecule has 1 heterocycles. The second-order valence-corrected chi connectivity index (χ2v) is 8.58. The molecule has 8 nitrogen and oxygen atoms in total. The number of carboxylic acid groups (broad SMARTS) is 1. The van der Waals surface area contributed by atoms with Crippen LogP contribution in [0.2, 0.25) is 0 Å². The van der Waals surface area contributed by atoms with E-state index in [0.29, 0.717) is 18.5 Å². The van der Waals surface area contributed by atoms with Crippen LogP contribution in [0.4, 0.5) is 10.5 Å². The zero-order chi connectivity index (χ0) is 23.7. The molecular weight excluding hydrogens is 434 g/mol. The Hall–Kier alpha value is -4.20. The fourth-order valence-corrected chi connectivity index (χ4v) is 4.61. The van der Waals surface area contributed by atoms with Gasteiger partial charge < -0.3 is 20.5 Å². The third-order valence-electron chi connectivity index (χ3n) is 6.57. The molecule has 0 radical (unpaired) electrons. The number of carbonyl (C=O) groups is 3. The molecule has 2 aromatic carbocycles. The molecule has 5 rings (SSSR count). The number of carboxylic acids is 1. The van der Waals surface area contributed by atoms with Gasteiger partial charge in [0.05, 0.1) is 11.9 Å². The van der Waals surface area contributed by atoms with Crippen molar-refractivity contribution in [2.45, 2.75) is 30.7 Å². The average molecular weight is 457 g/mol. The smallest absolute Gasteiger partial charge is 0.408 e. The summed E-state index contributed by atoms with van der Waals surface area (Å²) in [6, 6.07) is 19.0. The second-order valence-electron chi connectivity index (χ2n) is 8.58. The summed E-state index contributed by atoms with van der Waals surface area (Å²) >= 11 is 0. The molecular formula is C26H23N3O5. The molecule has 34 heavy (non-hydrogen) atoms. The maximum Gasteiger partial charge on any atom is 0.408 e. The summed E-state index contributed by atoms with van der Waals surface area (Å²) in [6.07, 6.45) is 2.41. The first-order chi connectivity index (χ1) is 16.5. The summed E-state index contributed by atoms with van der Waals surface area (Å²) in [4.78, 5) is 40.4. The minimum Gasteiger partial charge on any atom is -0.477 e. The van der Waals surface area contributed by atoms with Crippen molar-refractivity contribution >= 4 is 23.7 Å². The van der Waals surface area contributed by atoms with Crippen molar-refractivity contribution < 1.29 is 24.2 Å². The van der Waals surface area contributed by atoms with Gasteiger partial charge in [-0.25, -0.2) is 14.6 Å². The number of amides is 2. The number of anilines is 1. The summed E-state index contributed by atoms with van der Waals surface area (Å²) in [6.45, 7) is 0.165. The van der Waals surface area contributed by atoms with Crippen LogP contribution in [0.25, 0.3) is 11.1 Å². The molecule has 2 amide bonds. The maximum absolute atomic E-state index is 12.9. The Morgan fingerprint density at radius 2 is 1.62 bits per heavy atom. The number of hydrogen-bond donors (Lipinski definition) is 3. The Balaban J connectivity index is 1.24. The molecule has 0 bridgehead atoms. The van der Waals surface area contributed by atoms with Crippen molar-refractivity contribution in [3.63, 3.8) is 0 Å². The maximum atomic E-state index is 12.9. The Morgan fingerprint density at radius 3 is 2.15 bits per heavy atom. The minimum atomic E-state index is -1.15. The molecule has 3 N–H and O–H groups in total. The van der Waals surface area contributed by atoms with Crippen molar-refractivity contribution in [1.29, 1.82) is 0 Å². The van der Waals surface area contributed by atoms with Crippen molar-refractivity contribution in [3.8, 4) is 11.1 Å². The summed E-state index contributed by atoms with van der Waals surface area (Å²) in [5.41, 5.74) is 3.70. The van der Waals surface area contributed by atoms with Gasteiger partial charge >= 0.3 is 12.1 Å². The van der Waals surface area contributed by atoms with Crippen LogP contribution in [0.3, 0.4) is 0 Å². The van der Waals surface area contributed by atoms with Gasteiger partial charge in [0.15, 0.2) is 0 Å². The van der Waals surface area contributed by atoms with E-state index in [0.717, 1.165) is 28.7 Å². The molecule has 0 spiro atoms. The topological polar surface area (TPSA) is 118 Å². The zero-order valence-corrected chi connectivity index (χ0v) is 18.3. The summed E-state index contributed by atoms with van der Waals surface area (Å²) in [5.74, 6) is -1.59. The van der Waals surface area contributed by atoms with E-state index in [1.54, 1.807) is 0 Å². The van der Waals surface area contributed by atoms with Gasteiger partial charge in [-0.05, 0) is 53.6 Å². The fraction of sp³-hybridized carbons (Fsp3) is 0.231. The lowest BCUT2D eigenvalue weighted by Crippen LogP contribution is -2.61. The first kappa shape index (κ1) is 21.6. The molecule has 0 aliphatic heterocycles. The molecule has 1 fully saturated rings. The minimum absolute atomic E-state index is 0.0665. The number of aromatic nitrogens is 1. The van der Waals surface area contributed by atoms with Crippen LogP contribution in [-0.2, 0) is 9.53 Å². The number of nitrogens with one attached hydrogen (secondary N) is 2. The van der Waals surface area contributed by atoms with Crippen molar-refractivity contribution in [3.05, 3.63) is 83.7 Å². The number of rotatable bonds is 6. The van der Waals surface area contributed by atoms with E-state index in [2.05, 4.69) is 27.8 Å². The number of nitrogens with zero attached hydrogens (tertiary/aromatic N) is 1. The van der Waals surface area contributed by atoms with Gasteiger partial charge in [-0.15, -0.1) is 0 Å². The highest BCUT2D eigenvalue weighted by Crippen LogP contribution is 2.44. The Kier molecular flexibility index (Phi) is 5.49. The number of aromatic carboxylic acids is 1. The monoisotopic (exact) mass is 457 g/mol. The number of fused-ring (bicyclic) bond motifs is 3. The van der Waals surface area contributed by atoms with Gasteiger partial charge in [-0.3, -0.25) is 4.79 Å². The standard InChI is InChI=1S/C26H23N3O5/c30-23(31)22-11-10-16(14-27-22)28-24(32)26(12-5-13-26)29-25(33)34-15-21-19-8-3-1-6-17(19)18-7-2-4-9-20(18)21/h1-4,6-11,14,21H,5,12-13,15H2,(H,28,32)(H,29,33)(H,30,31). The fourth-order valence-electron chi connectivity index (χ4n) is 4.61. The Labute approximate surface area is 196 Å². The second kappa shape index (κ2) is 8.62. The molecule has 0 atom stereocenters. The first-order valence-electron chi connectivity index (χ1n) is 11.1. The number of hydrogen-bond acceptors (Lipinski definition) is 5. The number of ether oxygens (including phenoxy) is 1. The quantitative estimate of drug-likeness (QED) is 0.511. The molecule has 0 unspecified atom stereocenters. The third kappa shape index (κ3) is 3.87. The van der Waals surface area contributed by atoms with Crippen LogP contribution in [0.15, 0.2) is 66.9 Å². The molecule has 0 saturated heterocycles. The molecule has 1 aromatic heterocycles. The van der Waals surface area contributed by atoms with E-state index in [-0.39, 0.29) is 24.1 Å². The highest BCUT2D eigenvalue weighted by atomic mass is 16.5. The highest BCUT2D eigenvalue weighted by molar-refractivity contribution is 6.00. The average Bonchev–Trinajstić information content (AvgIpc) is 3.14. The summed E-state index contributed by atoms with van der Waals surface area (Å²) in [7, 11) is 0. The van der Waals surface area contributed by atoms with Crippen LogP contribution in [0.5, 0.6) is 0 Å². The van der Waals surface area contributed by atoms with E-state index in [1.807, 2.05) is 36.4 Å². The molecule has 1 saturated carbocycles. The van der Waals surface area contributed by atoms with Crippen molar-refractivity contribution in [2.24, 2.45) is 0 Å². The van der Waals surface area contributed by atoms with Crippen molar-refractivity contribution in [1.82, 2.24) is 10.3 Å². The number of benzene rings is 2. The summed E-state index contributed by atoms with van der Waals surface area (Å²) in [5, 5.41) is 14.4. The first-order valence-corrected chi connectivity index (χ1v) is 11.1. The lowest BCUT2D eigenvalue weighted by atomic mass is 9.76. The van der Waals surface area contributed by atoms with Gasteiger partial charge in [0.25, 0.3) is 0 Å². The van der Waals surface area contributed by atoms with E-state index in [4.69, 9.17) is 9.84 Å².